The summed E-state index contributed by atoms with van der Waals surface area (Å²) in [6.07, 6.45) is 8.74. The van der Waals surface area contributed by atoms with Gasteiger partial charge in [-0.3, -0.25) is 0 Å². The lowest BCUT2D eigenvalue weighted by Gasteiger charge is -2.22. The summed E-state index contributed by atoms with van der Waals surface area (Å²) >= 11 is 5.92. The zero-order chi connectivity index (χ0) is 12.3. The minimum absolute atomic E-state index is 0.362. The Morgan fingerprint density at radius 3 is 2.59 bits per heavy atom. The summed E-state index contributed by atoms with van der Waals surface area (Å²) < 4.78 is 0. The van der Waals surface area contributed by atoms with Crippen molar-refractivity contribution in [1.82, 2.24) is 5.32 Å². The maximum atomic E-state index is 5.92. The molecular weight excluding hydrogens is 230 g/mol. The van der Waals surface area contributed by atoms with Crippen molar-refractivity contribution in [3.8, 4) is 12.3 Å². The number of benzene rings is 1. The number of hydrogen-bond acceptors (Lipinski definition) is 1. The first-order valence-electron chi connectivity index (χ1n) is 6.15. The van der Waals surface area contributed by atoms with Crippen LogP contribution in [0.2, 0.25) is 5.02 Å². The number of rotatable bonds is 5. The zero-order valence-electron chi connectivity index (χ0n) is 10.1. The quantitative estimate of drug-likeness (QED) is 0.781. The van der Waals surface area contributed by atoms with Crippen LogP contribution in [-0.4, -0.2) is 6.04 Å². The van der Waals surface area contributed by atoms with E-state index in [9.17, 15) is 0 Å². The van der Waals surface area contributed by atoms with Gasteiger partial charge in [0.2, 0.25) is 0 Å². The molecule has 0 aromatic heterocycles. The van der Waals surface area contributed by atoms with Gasteiger partial charge in [0.15, 0.2) is 0 Å². The summed E-state index contributed by atoms with van der Waals surface area (Å²) in [6, 6.07) is 8.93. The minimum Gasteiger partial charge on any atom is -0.306 e. The van der Waals surface area contributed by atoms with Crippen LogP contribution in [0.4, 0.5) is 0 Å². The molecule has 0 bridgehead atoms. The Hall–Kier alpha value is -0.970. The maximum absolute atomic E-state index is 5.92. The second kappa shape index (κ2) is 5.58. The van der Waals surface area contributed by atoms with Gasteiger partial charge >= 0.3 is 0 Å². The van der Waals surface area contributed by atoms with Crippen LogP contribution in [0.15, 0.2) is 24.3 Å². The average Bonchev–Trinajstić information content (AvgIpc) is 3.12. The van der Waals surface area contributed by atoms with E-state index < -0.39 is 0 Å². The monoisotopic (exact) mass is 247 g/mol. The normalized spacial score (nSPS) is 18.4. The molecule has 2 heteroatoms. The first-order valence-corrected chi connectivity index (χ1v) is 6.53. The van der Waals surface area contributed by atoms with Crippen LogP contribution in [0.3, 0.4) is 0 Å². The smallest absolute Gasteiger partial charge is 0.0406 e. The molecule has 0 heterocycles. The van der Waals surface area contributed by atoms with E-state index in [0.717, 1.165) is 17.4 Å². The van der Waals surface area contributed by atoms with Crippen LogP contribution in [0.25, 0.3) is 0 Å². The largest absolute Gasteiger partial charge is 0.306 e. The Balaban J connectivity index is 2.07. The summed E-state index contributed by atoms with van der Waals surface area (Å²) in [5.74, 6) is 3.47. The molecule has 1 aliphatic carbocycles. The summed E-state index contributed by atoms with van der Waals surface area (Å²) in [4.78, 5) is 0. The van der Waals surface area contributed by atoms with Crippen LogP contribution in [-0.2, 0) is 0 Å². The van der Waals surface area contributed by atoms with Crippen LogP contribution >= 0.6 is 11.6 Å². The van der Waals surface area contributed by atoms with Crippen LogP contribution in [0.1, 0.15) is 37.8 Å². The SMILES string of the molecule is C#CCC(C)NC(c1ccc(Cl)cc1)C1CC1. The molecular formula is C15H18ClN. The first-order chi connectivity index (χ1) is 8.20. The van der Waals surface area contributed by atoms with Gasteiger partial charge in [-0.05, 0) is 43.4 Å². The van der Waals surface area contributed by atoms with E-state index in [-0.39, 0.29) is 0 Å². The molecule has 1 aromatic rings. The van der Waals surface area contributed by atoms with Crippen molar-refractivity contribution in [2.75, 3.05) is 0 Å². The second-order valence-electron chi connectivity index (χ2n) is 4.84. The molecule has 1 N–H and O–H groups in total. The van der Waals surface area contributed by atoms with E-state index in [1.165, 1.54) is 18.4 Å². The molecule has 17 heavy (non-hydrogen) atoms. The Kier molecular flexibility index (Phi) is 4.10. The molecule has 0 spiro atoms. The molecule has 1 saturated carbocycles. The lowest BCUT2D eigenvalue weighted by molar-refractivity contribution is 0.423. The van der Waals surface area contributed by atoms with Crippen molar-refractivity contribution in [3.05, 3.63) is 34.9 Å². The van der Waals surface area contributed by atoms with Crippen molar-refractivity contribution >= 4 is 11.6 Å². The molecule has 0 amide bonds. The average molecular weight is 248 g/mol. The highest BCUT2D eigenvalue weighted by molar-refractivity contribution is 6.30. The predicted octanol–water partition coefficient (Wildman–Crippen LogP) is 3.79. The van der Waals surface area contributed by atoms with E-state index in [2.05, 4.69) is 30.3 Å². The molecule has 0 radical (unpaired) electrons. The standard InChI is InChI=1S/C15H18ClN/c1-3-4-11(2)17-15(12-5-6-12)13-7-9-14(16)10-8-13/h1,7-12,15,17H,4-6H2,2H3. The fourth-order valence-electron chi connectivity index (χ4n) is 2.15. The fourth-order valence-corrected chi connectivity index (χ4v) is 2.27. The maximum Gasteiger partial charge on any atom is 0.0406 e. The van der Waals surface area contributed by atoms with Crippen molar-refractivity contribution in [2.24, 2.45) is 5.92 Å². The Bertz CT molecular complexity index is 400. The third-order valence-corrected chi connectivity index (χ3v) is 3.46. The molecule has 2 rings (SSSR count). The number of terminal acetylenes is 1. The highest BCUT2D eigenvalue weighted by Crippen LogP contribution is 2.41. The highest BCUT2D eigenvalue weighted by atomic mass is 35.5. The summed E-state index contributed by atoms with van der Waals surface area (Å²) in [5, 5.41) is 4.42. The minimum atomic E-state index is 0.362. The summed E-state index contributed by atoms with van der Waals surface area (Å²) in [7, 11) is 0. The van der Waals surface area contributed by atoms with Gasteiger partial charge in [-0.1, -0.05) is 23.7 Å². The molecule has 2 atom stereocenters. The molecule has 1 aliphatic rings. The highest BCUT2D eigenvalue weighted by Gasteiger charge is 2.32. The van der Waals surface area contributed by atoms with Crippen molar-refractivity contribution < 1.29 is 0 Å². The van der Waals surface area contributed by atoms with Crippen molar-refractivity contribution in [3.63, 3.8) is 0 Å². The van der Waals surface area contributed by atoms with Crippen LogP contribution < -0.4 is 5.32 Å². The van der Waals surface area contributed by atoms with E-state index in [4.69, 9.17) is 18.0 Å². The van der Waals surface area contributed by atoms with Gasteiger partial charge in [0.05, 0.1) is 0 Å². The molecule has 1 nitrogen and oxygen atoms in total. The Morgan fingerprint density at radius 1 is 1.41 bits per heavy atom. The fraction of sp³-hybridized carbons (Fsp3) is 0.467. The second-order valence-corrected chi connectivity index (χ2v) is 5.28. The van der Waals surface area contributed by atoms with Crippen molar-refractivity contribution in [1.29, 1.82) is 0 Å². The van der Waals surface area contributed by atoms with Crippen LogP contribution in [0, 0.1) is 18.3 Å². The van der Waals surface area contributed by atoms with Gasteiger partial charge in [0, 0.05) is 23.5 Å². The summed E-state index contributed by atoms with van der Waals surface area (Å²) in [6.45, 7) is 2.14. The Labute approximate surface area is 109 Å². The molecule has 0 aliphatic heterocycles. The van der Waals surface area contributed by atoms with Crippen molar-refractivity contribution in [2.45, 2.75) is 38.3 Å². The van der Waals surface area contributed by atoms with E-state index in [1.807, 2.05) is 12.1 Å². The van der Waals surface area contributed by atoms with Gasteiger partial charge < -0.3 is 5.32 Å². The third-order valence-electron chi connectivity index (χ3n) is 3.21. The molecule has 90 valence electrons. The number of hydrogen-bond donors (Lipinski definition) is 1. The first kappa shape index (κ1) is 12.5. The molecule has 1 fully saturated rings. The Morgan fingerprint density at radius 2 is 2.06 bits per heavy atom. The topological polar surface area (TPSA) is 12.0 Å². The van der Waals surface area contributed by atoms with Crippen LogP contribution in [0.5, 0.6) is 0 Å². The molecule has 1 aromatic carbocycles. The zero-order valence-corrected chi connectivity index (χ0v) is 10.9. The predicted molar refractivity (Wildman–Crippen MR) is 73.0 cm³/mol. The molecule has 2 unspecified atom stereocenters. The third kappa shape index (κ3) is 3.49. The van der Waals surface area contributed by atoms with Gasteiger partial charge in [-0.15, -0.1) is 12.3 Å². The summed E-state index contributed by atoms with van der Waals surface area (Å²) in [5.41, 5.74) is 1.32. The lowest BCUT2D eigenvalue weighted by atomic mass is 10.0. The van der Waals surface area contributed by atoms with E-state index >= 15 is 0 Å². The molecule has 0 saturated heterocycles. The van der Waals surface area contributed by atoms with Gasteiger partial charge in [-0.25, -0.2) is 0 Å². The van der Waals surface area contributed by atoms with Gasteiger partial charge in [0.1, 0.15) is 0 Å². The number of nitrogens with one attached hydrogen (secondary N) is 1. The van der Waals surface area contributed by atoms with Gasteiger partial charge in [-0.2, -0.15) is 0 Å². The lowest BCUT2D eigenvalue weighted by Crippen LogP contribution is -2.31. The van der Waals surface area contributed by atoms with Gasteiger partial charge in [0.25, 0.3) is 0 Å². The van der Waals surface area contributed by atoms with E-state index in [1.54, 1.807) is 0 Å². The van der Waals surface area contributed by atoms with E-state index in [0.29, 0.717) is 12.1 Å². The number of halogens is 1.